The van der Waals surface area contributed by atoms with Gasteiger partial charge in [-0.2, -0.15) is 18.0 Å². The third-order valence-electron chi connectivity index (χ3n) is 5.54. The van der Waals surface area contributed by atoms with Crippen molar-refractivity contribution in [1.82, 2.24) is 24.2 Å². The number of nitrogens with zero attached hydrogens (tertiary/aromatic N) is 5. The molecule has 1 aromatic carbocycles. The molecule has 33 heavy (non-hydrogen) atoms. The van der Waals surface area contributed by atoms with Crippen molar-refractivity contribution >= 4 is 56.0 Å². The number of benzene rings is 1. The molecule has 0 aliphatic carbocycles. The van der Waals surface area contributed by atoms with Crippen molar-refractivity contribution in [3.8, 4) is 6.07 Å². The van der Waals surface area contributed by atoms with Gasteiger partial charge in [-0.1, -0.05) is 23.2 Å². The van der Waals surface area contributed by atoms with Crippen LogP contribution in [0.2, 0.25) is 10.0 Å². The van der Waals surface area contributed by atoms with Crippen LogP contribution in [0.15, 0.2) is 36.8 Å². The molecule has 0 unspecified atom stereocenters. The molecule has 10 nitrogen and oxygen atoms in total. The molecule has 0 spiro atoms. The minimum Gasteiger partial charge on any atom is -0.347 e. The van der Waals surface area contributed by atoms with Crippen LogP contribution in [-0.2, 0) is 17.3 Å². The summed E-state index contributed by atoms with van der Waals surface area (Å²) in [5.41, 5.74) is 1.09. The van der Waals surface area contributed by atoms with E-state index in [0.29, 0.717) is 21.1 Å². The van der Waals surface area contributed by atoms with Crippen molar-refractivity contribution in [2.24, 2.45) is 13.0 Å². The van der Waals surface area contributed by atoms with Crippen LogP contribution in [0.4, 0.5) is 5.82 Å². The van der Waals surface area contributed by atoms with Crippen LogP contribution in [0.5, 0.6) is 0 Å². The van der Waals surface area contributed by atoms with Crippen LogP contribution in [-0.4, -0.2) is 52.3 Å². The van der Waals surface area contributed by atoms with Crippen LogP contribution >= 0.6 is 23.2 Å². The predicted octanol–water partition coefficient (Wildman–Crippen LogP) is 2.58. The van der Waals surface area contributed by atoms with E-state index in [9.17, 15) is 18.5 Å². The number of aromatic nitrogens is 3. The number of anilines is 1. The summed E-state index contributed by atoms with van der Waals surface area (Å²) in [5.74, 6) is -1.05. The first-order chi connectivity index (χ1) is 15.7. The van der Waals surface area contributed by atoms with Gasteiger partial charge >= 0.3 is 10.2 Å². The number of nitrogens with one attached hydrogen (secondary N) is 2. The number of hydrogen-bond acceptors (Lipinski definition) is 6. The van der Waals surface area contributed by atoms with E-state index in [-0.39, 0.29) is 31.2 Å². The largest absolute Gasteiger partial charge is 0.347 e. The van der Waals surface area contributed by atoms with E-state index in [1.165, 1.54) is 18.6 Å². The lowest BCUT2D eigenvalue weighted by Crippen LogP contribution is -2.53. The van der Waals surface area contributed by atoms with Crippen molar-refractivity contribution in [2.45, 2.75) is 12.5 Å². The molecule has 13 heteroatoms. The topological polar surface area (TPSA) is 133 Å². The molecule has 2 atom stereocenters. The van der Waals surface area contributed by atoms with Crippen molar-refractivity contribution in [3.05, 3.63) is 52.5 Å². The summed E-state index contributed by atoms with van der Waals surface area (Å²) in [6, 6.07) is 6.66. The molecule has 1 amide bonds. The molecule has 1 fully saturated rings. The molecule has 3 aromatic rings. The predicted molar refractivity (Wildman–Crippen MR) is 124 cm³/mol. The van der Waals surface area contributed by atoms with E-state index in [2.05, 4.69) is 26.1 Å². The van der Waals surface area contributed by atoms with Crippen LogP contribution in [0, 0.1) is 17.2 Å². The Labute approximate surface area is 200 Å². The number of rotatable bonds is 5. The van der Waals surface area contributed by atoms with E-state index >= 15 is 0 Å². The number of nitriles is 1. The summed E-state index contributed by atoms with van der Waals surface area (Å²) in [5, 5.41) is 13.9. The van der Waals surface area contributed by atoms with Gasteiger partial charge < -0.3 is 9.88 Å². The highest BCUT2D eigenvalue weighted by atomic mass is 35.5. The zero-order chi connectivity index (χ0) is 23.8. The third-order valence-corrected chi connectivity index (χ3v) is 7.84. The molecule has 1 aliphatic rings. The van der Waals surface area contributed by atoms with Gasteiger partial charge in [0.05, 0.1) is 28.2 Å². The number of fused-ring (bicyclic) bond motifs is 1. The van der Waals surface area contributed by atoms with Crippen molar-refractivity contribution < 1.29 is 13.2 Å². The minimum absolute atomic E-state index is 0.0758. The molecule has 2 N–H and O–H groups in total. The molecular formula is C20H19Cl2N7O3S. The zero-order valence-electron chi connectivity index (χ0n) is 17.4. The van der Waals surface area contributed by atoms with E-state index in [1.54, 1.807) is 29.8 Å². The Balaban J connectivity index is 1.48. The number of hydrogen-bond donors (Lipinski definition) is 2. The fraction of sp³-hybridized carbons (Fsp3) is 0.300. The SMILES string of the molecule is Cn1c(C(=O)N[C@H]2CCN(S(=O)(=O)Nc3cnccn3)C[C@@H]2C#N)cc2c(Cl)c(Cl)ccc21. The number of carbonyl (C=O) groups is 1. The molecule has 1 saturated heterocycles. The van der Waals surface area contributed by atoms with Gasteiger partial charge in [0.25, 0.3) is 5.91 Å². The summed E-state index contributed by atoms with van der Waals surface area (Å²) < 4.78 is 30.6. The lowest BCUT2D eigenvalue weighted by Gasteiger charge is -2.34. The van der Waals surface area contributed by atoms with Gasteiger partial charge in [-0.25, -0.2) is 4.98 Å². The van der Waals surface area contributed by atoms with Crippen LogP contribution < -0.4 is 10.0 Å². The van der Waals surface area contributed by atoms with E-state index < -0.39 is 22.2 Å². The Kier molecular flexibility index (Phi) is 6.45. The molecule has 172 valence electrons. The maximum atomic E-state index is 13.0. The highest BCUT2D eigenvalue weighted by Crippen LogP contribution is 2.32. The molecule has 1 aliphatic heterocycles. The van der Waals surface area contributed by atoms with Gasteiger partial charge in [-0.3, -0.25) is 14.5 Å². The molecule has 0 saturated carbocycles. The standard InChI is InChI=1S/C20H19Cl2N7O3S/c1-28-16-3-2-14(21)19(22)13(16)8-17(28)20(30)26-15-4-7-29(11-12(15)9-23)33(31,32)27-18-10-24-5-6-25-18/h2-3,5-6,8,10,12,15H,4,7,11H2,1H3,(H,25,27)(H,26,30)/t12-,15-/m0/s1. The maximum Gasteiger partial charge on any atom is 0.302 e. The highest BCUT2D eigenvalue weighted by Gasteiger charge is 2.36. The summed E-state index contributed by atoms with van der Waals surface area (Å²) in [4.78, 5) is 20.7. The Morgan fingerprint density at radius 1 is 1.30 bits per heavy atom. The summed E-state index contributed by atoms with van der Waals surface area (Å²) in [6.07, 6.45) is 4.35. The van der Waals surface area contributed by atoms with Crippen molar-refractivity contribution in [3.63, 3.8) is 0 Å². The zero-order valence-corrected chi connectivity index (χ0v) is 19.7. The van der Waals surface area contributed by atoms with Crippen LogP contribution in [0.1, 0.15) is 16.9 Å². The average Bonchev–Trinajstić information content (AvgIpc) is 3.14. The van der Waals surface area contributed by atoms with E-state index in [0.717, 1.165) is 9.82 Å². The number of aryl methyl sites for hydroxylation is 1. The van der Waals surface area contributed by atoms with Gasteiger partial charge in [0.1, 0.15) is 5.69 Å². The Morgan fingerprint density at radius 2 is 2.09 bits per heavy atom. The van der Waals surface area contributed by atoms with Gasteiger partial charge in [0.15, 0.2) is 5.82 Å². The monoisotopic (exact) mass is 507 g/mol. The number of carbonyl (C=O) groups excluding carboxylic acids is 1. The van der Waals surface area contributed by atoms with Gasteiger partial charge in [0, 0.05) is 49.5 Å². The Morgan fingerprint density at radius 3 is 2.79 bits per heavy atom. The molecule has 2 aromatic heterocycles. The van der Waals surface area contributed by atoms with E-state index in [1.807, 2.05) is 0 Å². The van der Waals surface area contributed by atoms with Crippen LogP contribution in [0.25, 0.3) is 10.9 Å². The maximum absolute atomic E-state index is 13.0. The Bertz CT molecular complexity index is 1360. The quantitative estimate of drug-likeness (QED) is 0.545. The second kappa shape index (κ2) is 9.15. The molecule has 0 bridgehead atoms. The lowest BCUT2D eigenvalue weighted by molar-refractivity contribution is 0.0903. The molecule has 3 heterocycles. The fourth-order valence-corrected chi connectivity index (χ4v) is 5.38. The summed E-state index contributed by atoms with van der Waals surface area (Å²) in [6.45, 7) is 0.0445. The molecule has 0 radical (unpaired) electrons. The first-order valence-electron chi connectivity index (χ1n) is 9.89. The number of piperidine rings is 1. The Hall–Kier alpha value is -2.91. The van der Waals surface area contributed by atoms with Crippen molar-refractivity contribution in [2.75, 3.05) is 17.8 Å². The number of halogens is 2. The molecule has 4 rings (SSSR count). The molecular weight excluding hydrogens is 489 g/mol. The summed E-state index contributed by atoms with van der Waals surface area (Å²) >= 11 is 12.4. The first kappa shape index (κ1) is 23.3. The van der Waals surface area contributed by atoms with Gasteiger partial charge in [-0.15, -0.1) is 0 Å². The van der Waals surface area contributed by atoms with Gasteiger partial charge in [-0.05, 0) is 24.6 Å². The number of amides is 1. The van der Waals surface area contributed by atoms with Crippen molar-refractivity contribution in [1.29, 1.82) is 5.26 Å². The summed E-state index contributed by atoms with van der Waals surface area (Å²) in [7, 11) is -2.20. The van der Waals surface area contributed by atoms with E-state index in [4.69, 9.17) is 23.2 Å². The second-order valence-electron chi connectivity index (χ2n) is 7.54. The van der Waals surface area contributed by atoms with Crippen LogP contribution in [0.3, 0.4) is 0 Å². The highest BCUT2D eigenvalue weighted by molar-refractivity contribution is 7.90. The fourth-order valence-electron chi connectivity index (χ4n) is 3.80. The van der Waals surface area contributed by atoms with Gasteiger partial charge in [0.2, 0.25) is 0 Å². The smallest absolute Gasteiger partial charge is 0.302 e. The minimum atomic E-state index is -3.93. The average molecular weight is 508 g/mol. The normalized spacial score (nSPS) is 19.2. The third kappa shape index (κ3) is 4.60. The first-order valence-corrected chi connectivity index (χ1v) is 12.1. The second-order valence-corrected chi connectivity index (χ2v) is 10.00. The lowest BCUT2D eigenvalue weighted by atomic mass is 9.94.